The van der Waals surface area contributed by atoms with Gasteiger partial charge in [0.05, 0.1) is 0 Å². The normalized spacial score (nSPS) is 24.4. The summed E-state index contributed by atoms with van der Waals surface area (Å²) in [4.78, 5) is 5.24. The average Bonchev–Trinajstić information content (AvgIpc) is 2.40. The van der Waals surface area contributed by atoms with Crippen molar-refractivity contribution in [1.29, 1.82) is 0 Å². The van der Waals surface area contributed by atoms with Crippen molar-refractivity contribution in [2.45, 2.75) is 59.9 Å². The lowest BCUT2D eigenvalue weighted by Gasteiger charge is -2.43. The van der Waals surface area contributed by atoms with E-state index in [1.54, 1.807) is 0 Å². The largest absolute Gasteiger partial charge is 0.316 e. The van der Waals surface area contributed by atoms with Crippen molar-refractivity contribution in [3.63, 3.8) is 0 Å². The van der Waals surface area contributed by atoms with Crippen LogP contribution < -0.4 is 5.32 Å². The van der Waals surface area contributed by atoms with Gasteiger partial charge < -0.3 is 10.2 Å². The van der Waals surface area contributed by atoms with Crippen LogP contribution >= 0.6 is 0 Å². The molecule has 21 heavy (non-hydrogen) atoms. The summed E-state index contributed by atoms with van der Waals surface area (Å²) in [5, 5.41) is 3.70. The predicted molar refractivity (Wildman–Crippen MR) is 93.9 cm³/mol. The molecule has 0 aromatic rings. The van der Waals surface area contributed by atoms with Crippen LogP contribution in [-0.4, -0.2) is 62.2 Å². The summed E-state index contributed by atoms with van der Waals surface area (Å²) in [6.45, 7) is 18.9. The smallest absolute Gasteiger partial charge is 0.0218 e. The van der Waals surface area contributed by atoms with E-state index < -0.39 is 0 Å². The van der Waals surface area contributed by atoms with Crippen LogP contribution in [0.2, 0.25) is 0 Å². The van der Waals surface area contributed by atoms with Gasteiger partial charge in [0.2, 0.25) is 0 Å². The summed E-state index contributed by atoms with van der Waals surface area (Å²) in [5.74, 6) is 0.740. The standard InChI is InChI=1S/C18H39N3/c1-7-9-18(5,14-19-12-16(3)4)15-21-11-10-20(6)17(8-2)13-21/h16-17,19H,7-15H2,1-6H3. The molecule has 2 atom stereocenters. The third-order valence-corrected chi connectivity index (χ3v) is 4.90. The first kappa shape index (κ1) is 18.9. The fourth-order valence-corrected chi connectivity index (χ4v) is 3.62. The van der Waals surface area contributed by atoms with E-state index in [9.17, 15) is 0 Å². The second-order valence-electron chi connectivity index (χ2n) is 7.86. The lowest BCUT2D eigenvalue weighted by molar-refractivity contribution is 0.0578. The molecular formula is C18H39N3. The zero-order chi connectivity index (χ0) is 15.9. The Labute approximate surface area is 133 Å². The number of rotatable bonds is 9. The Morgan fingerprint density at radius 2 is 1.95 bits per heavy atom. The van der Waals surface area contributed by atoms with Crippen LogP contribution in [0.15, 0.2) is 0 Å². The highest BCUT2D eigenvalue weighted by Gasteiger charge is 2.30. The lowest BCUT2D eigenvalue weighted by atomic mass is 9.84. The molecular weight excluding hydrogens is 258 g/mol. The summed E-state index contributed by atoms with van der Waals surface area (Å²) >= 11 is 0. The van der Waals surface area contributed by atoms with Crippen LogP contribution in [0.1, 0.15) is 53.9 Å². The fourth-order valence-electron chi connectivity index (χ4n) is 3.62. The number of likely N-dealkylation sites (N-methyl/N-ethyl adjacent to an activating group) is 1. The van der Waals surface area contributed by atoms with Crippen molar-refractivity contribution in [2.75, 3.05) is 46.3 Å². The van der Waals surface area contributed by atoms with E-state index in [2.05, 4.69) is 56.8 Å². The van der Waals surface area contributed by atoms with Crippen molar-refractivity contribution in [3.05, 3.63) is 0 Å². The average molecular weight is 298 g/mol. The Kier molecular flexibility index (Phi) is 8.22. The minimum atomic E-state index is 0.415. The van der Waals surface area contributed by atoms with Gasteiger partial charge in [-0.25, -0.2) is 0 Å². The highest BCUT2D eigenvalue weighted by atomic mass is 15.3. The van der Waals surface area contributed by atoms with E-state index in [0.29, 0.717) is 5.41 Å². The zero-order valence-corrected chi connectivity index (χ0v) is 15.4. The number of hydrogen-bond acceptors (Lipinski definition) is 3. The summed E-state index contributed by atoms with van der Waals surface area (Å²) in [6.07, 6.45) is 3.87. The first-order valence-corrected chi connectivity index (χ1v) is 9.03. The molecule has 1 saturated heterocycles. The highest BCUT2D eigenvalue weighted by Crippen LogP contribution is 2.25. The second kappa shape index (κ2) is 9.12. The molecule has 1 aliphatic heterocycles. The van der Waals surface area contributed by atoms with E-state index in [0.717, 1.165) is 25.0 Å². The first-order valence-electron chi connectivity index (χ1n) is 9.03. The van der Waals surface area contributed by atoms with Crippen molar-refractivity contribution in [1.82, 2.24) is 15.1 Å². The zero-order valence-electron chi connectivity index (χ0n) is 15.4. The molecule has 3 heteroatoms. The molecule has 1 N–H and O–H groups in total. The molecule has 0 aromatic carbocycles. The van der Waals surface area contributed by atoms with Gasteiger partial charge in [0.25, 0.3) is 0 Å². The van der Waals surface area contributed by atoms with Gasteiger partial charge in [0.1, 0.15) is 0 Å². The molecule has 2 unspecified atom stereocenters. The summed E-state index contributed by atoms with van der Waals surface area (Å²) in [6, 6.07) is 0.744. The minimum Gasteiger partial charge on any atom is -0.316 e. The van der Waals surface area contributed by atoms with Gasteiger partial charge in [0.15, 0.2) is 0 Å². The second-order valence-corrected chi connectivity index (χ2v) is 7.86. The van der Waals surface area contributed by atoms with Crippen LogP contribution in [0, 0.1) is 11.3 Å². The van der Waals surface area contributed by atoms with Crippen LogP contribution in [-0.2, 0) is 0 Å². The first-order chi connectivity index (χ1) is 9.90. The van der Waals surface area contributed by atoms with E-state index in [-0.39, 0.29) is 0 Å². The SMILES string of the molecule is CCCC(C)(CNCC(C)C)CN1CCN(C)C(CC)C1. The molecule has 0 spiro atoms. The van der Waals surface area contributed by atoms with Gasteiger partial charge in [-0.1, -0.05) is 41.0 Å². The molecule has 0 aliphatic carbocycles. The number of nitrogens with one attached hydrogen (secondary N) is 1. The van der Waals surface area contributed by atoms with Crippen molar-refractivity contribution >= 4 is 0 Å². The number of nitrogens with zero attached hydrogens (tertiary/aromatic N) is 2. The predicted octanol–water partition coefficient (Wildman–Crippen LogP) is 3.06. The molecule has 0 radical (unpaired) electrons. The molecule has 0 aromatic heterocycles. The number of hydrogen-bond donors (Lipinski definition) is 1. The van der Waals surface area contributed by atoms with Gasteiger partial charge in [-0.2, -0.15) is 0 Å². The van der Waals surface area contributed by atoms with Crippen molar-refractivity contribution < 1.29 is 0 Å². The summed E-state index contributed by atoms with van der Waals surface area (Å²) in [5.41, 5.74) is 0.415. The Hall–Kier alpha value is -0.120. The van der Waals surface area contributed by atoms with E-state index in [4.69, 9.17) is 0 Å². The van der Waals surface area contributed by atoms with Crippen LogP contribution in [0.25, 0.3) is 0 Å². The Morgan fingerprint density at radius 3 is 2.52 bits per heavy atom. The summed E-state index contributed by atoms with van der Waals surface area (Å²) in [7, 11) is 2.28. The molecule has 1 rings (SSSR count). The fraction of sp³-hybridized carbons (Fsp3) is 1.00. The molecule has 1 heterocycles. The highest BCUT2D eigenvalue weighted by molar-refractivity contribution is 4.86. The molecule has 0 amide bonds. The van der Waals surface area contributed by atoms with Crippen LogP contribution in [0.5, 0.6) is 0 Å². The Morgan fingerprint density at radius 1 is 1.24 bits per heavy atom. The maximum Gasteiger partial charge on any atom is 0.0218 e. The quantitative estimate of drug-likeness (QED) is 0.705. The molecule has 0 bridgehead atoms. The number of piperazine rings is 1. The summed E-state index contributed by atoms with van der Waals surface area (Å²) < 4.78 is 0. The molecule has 0 saturated carbocycles. The molecule has 3 nitrogen and oxygen atoms in total. The Balaban J connectivity index is 2.52. The van der Waals surface area contributed by atoms with Gasteiger partial charge in [-0.3, -0.25) is 4.90 Å². The van der Waals surface area contributed by atoms with E-state index in [1.807, 2.05) is 0 Å². The van der Waals surface area contributed by atoms with Gasteiger partial charge in [0, 0.05) is 38.8 Å². The van der Waals surface area contributed by atoms with Crippen LogP contribution in [0.3, 0.4) is 0 Å². The van der Waals surface area contributed by atoms with Gasteiger partial charge in [-0.15, -0.1) is 0 Å². The molecule has 1 fully saturated rings. The monoisotopic (exact) mass is 297 g/mol. The van der Waals surface area contributed by atoms with Gasteiger partial charge >= 0.3 is 0 Å². The topological polar surface area (TPSA) is 18.5 Å². The maximum atomic E-state index is 3.70. The lowest BCUT2D eigenvalue weighted by Crippen LogP contribution is -2.54. The third kappa shape index (κ3) is 6.66. The minimum absolute atomic E-state index is 0.415. The van der Waals surface area contributed by atoms with Gasteiger partial charge in [-0.05, 0) is 37.8 Å². The molecule has 1 aliphatic rings. The van der Waals surface area contributed by atoms with E-state index in [1.165, 1.54) is 45.4 Å². The maximum absolute atomic E-state index is 3.70. The third-order valence-electron chi connectivity index (χ3n) is 4.90. The Bertz CT molecular complexity index is 280. The van der Waals surface area contributed by atoms with Crippen molar-refractivity contribution in [2.24, 2.45) is 11.3 Å². The van der Waals surface area contributed by atoms with Crippen molar-refractivity contribution in [3.8, 4) is 0 Å². The van der Waals surface area contributed by atoms with E-state index >= 15 is 0 Å². The molecule has 126 valence electrons. The van der Waals surface area contributed by atoms with Crippen LogP contribution in [0.4, 0.5) is 0 Å².